The highest BCUT2D eigenvalue weighted by Gasteiger charge is 2.52. The van der Waals surface area contributed by atoms with E-state index < -0.39 is 55.5 Å². The number of aliphatic hydroxyl groups excluding tert-OH is 3. The molecule has 2 saturated heterocycles. The number of piperidine rings is 1. The van der Waals surface area contributed by atoms with Gasteiger partial charge in [0, 0.05) is 41.9 Å². The van der Waals surface area contributed by atoms with Crippen LogP contribution in [0.3, 0.4) is 0 Å². The number of nitrogens with one attached hydrogen (secondary N) is 1. The molecule has 208 valence electrons. The van der Waals surface area contributed by atoms with Crippen molar-refractivity contribution in [2.75, 3.05) is 13.2 Å². The number of aromatic nitrogens is 1. The Bertz CT molecular complexity index is 1320. The van der Waals surface area contributed by atoms with Crippen molar-refractivity contribution >= 4 is 22.8 Å². The molecule has 2 aromatic rings. The van der Waals surface area contributed by atoms with Crippen LogP contribution in [-0.2, 0) is 35.0 Å². The summed E-state index contributed by atoms with van der Waals surface area (Å²) in [5.41, 5.74) is 3.83. The first kappa shape index (κ1) is 26.0. The third-order valence-corrected chi connectivity index (χ3v) is 8.32. The monoisotopic (exact) mass is 540 g/mol. The zero-order valence-corrected chi connectivity index (χ0v) is 21.4. The van der Waals surface area contributed by atoms with Gasteiger partial charge in [0.05, 0.1) is 24.5 Å². The first-order valence-corrected chi connectivity index (χ1v) is 13.2. The van der Waals surface area contributed by atoms with Gasteiger partial charge in [0.25, 0.3) is 5.91 Å². The molecule has 2 fully saturated rings. The maximum atomic E-state index is 13.6. The van der Waals surface area contributed by atoms with Gasteiger partial charge >= 0.3 is 5.97 Å². The van der Waals surface area contributed by atoms with Crippen LogP contribution in [0.1, 0.15) is 30.6 Å². The summed E-state index contributed by atoms with van der Waals surface area (Å²) in [5, 5.41) is 31.7. The molecule has 0 saturated carbocycles. The number of esters is 1. The molecule has 4 aliphatic heterocycles. The number of para-hydroxylation sites is 1. The van der Waals surface area contributed by atoms with Crippen LogP contribution in [-0.4, -0.2) is 87.2 Å². The molecule has 4 aliphatic rings. The van der Waals surface area contributed by atoms with E-state index in [1.54, 1.807) is 6.08 Å². The molecule has 0 unspecified atom stereocenters. The van der Waals surface area contributed by atoms with Gasteiger partial charge in [0.2, 0.25) is 12.6 Å². The lowest BCUT2D eigenvalue weighted by Crippen LogP contribution is -2.61. The van der Waals surface area contributed by atoms with Gasteiger partial charge in [-0.05, 0) is 24.5 Å². The van der Waals surface area contributed by atoms with Crippen LogP contribution in [0.5, 0.6) is 0 Å². The average molecular weight is 541 g/mol. The summed E-state index contributed by atoms with van der Waals surface area (Å²) in [4.78, 5) is 30.8. The van der Waals surface area contributed by atoms with E-state index in [4.69, 9.17) is 18.9 Å². The van der Waals surface area contributed by atoms with Crippen molar-refractivity contribution in [3.05, 3.63) is 60.0 Å². The second-order valence-electron chi connectivity index (χ2n) is 10.5. The molecule has 1 amide bonds. The predicted octanol–water partition coefficient (Wildman–Crippen LogP) is 1.04. The number of H-pyrrole nitrogens is 1. The van der Waals surface area contributed by atoms with Crippen molar-refractivity contribution in [1.82, 2.24) is 9.88 Å². The number of rotatable bonds is 5. The number of amides is 1. The summed E-state index contributed by atoms with van der Waals surface area (Å²) in [5.74, 6) is -1.57. The number of fused-ring (bicyclic) bond motifs is 6. The lowest BCUT2D eigenvalue weighted by atomic mass is 9.74. The number of nitrogens with zero attached hydrogens (tertiary/aromatic N) is 1. The van der Waals surface area contributed by atoms with Gasteiger partial charge in [-0.1, -0.05) is 24.3 Å². The molecule has 11 heteroatoms. The van der Waals surface area contributed by atoms with Crippen LogP contribution >= 0.6 is 0 Å². The Balaban J connectivity index is 1.29. The molecule has 0 bridgehead atoms. The third kappa shape index (κ3) is 4.25. The predicted molar refractivity (Wildman–Crippen MR) is 136 cm³/mol. The molecule has 1 aromatic heterocycles. The zero-order valence-electron chi connectivity index (χ0n) is 21.4. The van der Waals surface area contributed by atoms with E-state index in [0.717, 1.165) is 24.6 Å². The molecule has 0 aliphatic carbocycles. The first-order chi connectivity index (χ1) is 18.8. The molecule has 5 heterocycles. The molecule has 1 aromatic carbocycles. The highest BCUT2D eigenvalue weighted by Crippen LogP contribution is 2.48. The maximum absolute atomic E-state index is 13.6. The molecule has 9 atom stereocenters. The van der Waals surface area contributed by atoms with Gasteiger partial charge in [0.15, 0.2) is 6.10 Å². The minimum Gasteiger partial charge on any atom is -0.471 e. The van der Waals surface area contributed by atoms with Crippen molar-refractivity contribution in [3.8, 4) is 0 Å². The number of ether oxygens (including phenoxy) is 4. The number of hydrogen-bond acceptors (Lipinski definition) is 9. The number of hydrogen-bond donors (Lipinski definition) is 4. The lowest BCUT2D eigenvalue weighted by molar-refractivity contribution is -0.340. The molecule has 0 radical (unpaired) electrons. The molecule has 4 N–H and O–H groups in total. The van der Waals surface area contributed by atoms with E-state index in [1.807, 2.05) is 23.1 Å². The van der Waals surface area contributed by atoms with Crippen molar-refractivity contribution in [2.24, 2.45) is 11.8 Å². The minimum atomic E-state index is -1.56. The molecule has 6 rings (SSSR count). The average Bonchev–Trinajstić information content (AvgIpc) is 3.32. The lowest BCUT2D eigenvalue weighted by Gasteiger charge is -2.48. The van der Waals surface area contributed by atoms with Crippen molar-refractivity contribution in [2.45, 2.75) is 62.8 Å². The van der Waals surface area contributed by atoms with Gasteiger partial charge < -0.3 is 44.2 Å². The molecule has 39 heavy (non-hydrogen) atoms. The zero-order chi connectivity index (χ0) is 27.4. The topological polar surface area (TPSA) is 151 Å². The third-order valence-electron chi connectivity index (χ3n) is 8.32. The van der Waals surface area contributed by atoms with Gasteiger partial charge in [-0.3, -0.25) is 9.59 Å². The number of carbonyl (C=O) groups excluding carboxylic acids is 2. The van der Waals surface area contributed by atoms with Gasteiger partial charge in [-0.25, -0.2) is 0 Å². The SMILES string of the molecule is C=C[C@H]1[C@H](O[C@@H]2O[C@H](CO)[C@@H](O)[C@H](O)[C@H]2OC(C)=O)OC=C2C(=O)N3CCc4c([nH]c5ccccc45)[C@@H]3C[C@H]21. The fourth-order valence-corrected chi connectivity index (χ4v) is 6.43. The number of aromatic amines is 1. The van der Waals surface area contributed by atoms with Crippen LogP contribution in [0.4, 0.5) is 0 Å². The normalized spacial score (nSPS) is 35.8. The second-order valence-corrected chi connectivity index (χ2v) is 10.5. The van der Waals surface area contributed by atoms with Crippen molar-refractivity contribution in [3.63, 3.8) is 0 Å². The van der Waals surface area contributed by atoms with Crippen LogP contribution in [0.25, 0.3) is 10.9 Å². The molecule has 0 spiro atoms. The number of carbonyl (C=O) groups is 2. The van der Waals surface area contributed by atoms with Crippen LogP contribution in [0.2, 0.25) is 0 Å². The highest BCUT2D eigenvalue weighted by molar-refractivity contribution is 5.96. The van der Waals surface area contributed by atoms with Crippen LogP contribution in [0, 0.1) is 11.8 Å². The molecule has 11 nitrogen and oxygen atoms in total. The van der Waals surface area contributed by atoms with E-state index in [9.17, 15) is 24.9 Å². The molecular weight excluding hydrogens is 508 g/mol. The second kappa shape index (κ2) is 10.1. The van der Waals surface area contributed by atoms with Crippen molar-refractivity contribution in [1.29, 1.82) is 0 Å². The van der Waals surface area contributed by atoms with E-state index in [0.29, 0.717) is 18.5 Å². The van der Waals surface area contributed by atoms with E-state index in [2.05, 4.69) is 17.6 Å². The van der Waals surface area contributed by atoms with Crippen LogP contribution < -0.4 is 0 Å². The summed E-state index contributed by atoms with van der Waals surface area (Å²) < 4.78 is 22.8. The van der Waals surface area contributed by atoms with E-state index in [1.165, 1.54) is 17.2 Å². The summed E-state index contributed by atoms with van der Waals surface area (Å²) in [7, 11) is 0. The highest BCUT2D eigenvalue weighted by atomic mass is 16.8. The van der Waals surface area contributed by atoms with Gasteiger partial charge in [-0.2, -0.15) is 0 Å². The Hall–Kier alpha value is -3.22. The van der Waals surface area contributed by atoms with Crippen LogP contribution in [0.15, 0.2) is 48.8 Å². The summed E-state index contributed by atoms with van der Waals surface area (Å²) in [6.07, 6.45) is -3.49. The Morgan fingerprint density at radius 2 is 2.05 bits per heavy atom. The fourth-order valence-electron chi connectivity index (χ4n) is 6.43. The Morgan fingerprint density at radius 3 is 2.79 bits per heavy atom. The fraction of sp³-hybridized carbons (Fsp3) is 0.500. The summed E-state index contributed by atoms with van der Waals surface area (Å²) >= 11 is 0. The Morgan fingerprint density at radius 1 is 1.26 bits per heavy atom. The van der Waals surface area contributed by atoms with E-state index in [-0.39, 0.29) is 17.9 Å². The Kier molecular flexibility index (Phi) is 6.72. The minimum absolute atomic E-state index is 0.101. The summed E-state index contributed by atoms with van der Waals surface area (Å²) in [6, 6.07) is 7.96. The van der Waals surface area contributed by atoms with Gasteiger partial charge in [-0.15, -0.1) is 6.58 Å². The smallest absolute Gasteiger partial charge is 0.303 e. The summed E-state index contributed by atoms with van der Waals surface area (Å²) in [6.45, 7) is 5.15. The van der Waals surface area contributed by atoms with Gasteiger partial charge in [0.1, 0.15) is 18.3 Å². The number of benzene rings is 1. The first-order valence-electron chi connectivity index (χ1n) is 13.2. The maximum Gasteiger partial charge on any atom is 0.303 e. The number of aliphatic hydroxyl groups is 3. The molecular formula is C28H32N2O9. The Labute approximate surface area is 224 Å². The quantitative estimate of drug-likeness (QED) is 0.322. The largest absolute Gasteiger partial charge is 0.471 e. The van der Waals surface area contributed by atoms with E-state index >= 15 is 0 Å². The van der Waals surface area contributed by atoms with Crippen molar-refractivity contribution < 1.29 is 43.9 Å². The standard InChI is InChI=1S/C28H32N2O9/c1-3-14-17-10-20-22-16(15-6-4-5-7-19(15)29-22)8-9-30(20)26(35)18(17)12-36-27(14)39-28-25(37-13(2)32)24(34)23(33)21(11-31)38-28/h3-7,12,14,17,20-21,23-25,27-29,31,33-34H,1,8-11H2,2H3/t14-,17+,20+,21-,23-,24+,25-,27+,28+/m1/s1.